The van der Waals surface area contributed by atoms with Crippen LogP contribution < -0.4 is 15.4 Å². The quantitative estimate of drug-likeness (QED) is 0.206. The number of methoxy groups -OCH3 is 1. The Morgan fingerprint density at radius 2 is 1.91 bits per heavy atom. The molecule has 0 spiro atoms. The average Bonchev–Trinajstić information content (AvgIpc) is 2.72. The molecule has 0 radical (unpaired) electrons. The number of anilines is 2. The lowest BCUT2D eigenvalue weighted by atomic mass is 10.2. The number of hydrogen-bond acceptors (Lipinski definition) is 10. The third-order valence-electron chi connectivity index (χ3n) is 3.87. The van der Waals surface area contributed by atoms with Gasteiger partial charge in [-0.25, -0.2) is 0 Å². The van der Waals surface area contributed by atoms with Crippen molar-refractivity contribution in [2.24, 2.45) is 10.2 Å². The zero-order valence-corrected chi connectivity index (χ0v) is 18.4. The number of nitrogens with zero attached hydrogens (tertiary/aromatic N) is 5. The van der Waals surface area contributed by atoms with Crippen molar-refractivity contribution < 1.29 is 19.4 Å². The molecule has 0 unspecified atom stereocenters. The summed E-state index contributed by atoms with van der Waals surface area (Å²) in [5, 5.41) is 44.6. The maximum absolute atomic E-state index is 11.6. The summed E-state index contributed by atoms with van der Waals surface area (Å²) in [4.78, 5) is 32.4. The molecule has 32 heavy (non-hydrogen) atoms. The van der Waals surface area contributed by atoms with E-state index in [1.54, 1.807) is 0 Å². The Morgan fingerprint density at radius 1 is 1.19 bits per heavy atom. The molecule has 2 rings (SSSR count). The Hall–Kier alpha value is -4.12. The molecule has 0 saturated carbocycles. The first-order valence-corrected chi connectivity index (χ1v) is 9.61. The van der Waals surface area contributed by atoms with Gasteiger partial charge in [0.05, 0.1) is 51.4 Å². The van der Waals surface area contributed by atoms with E-state index in [1.807, 2.05) is 6.07 Å². The third kappa shape index (κ3) is 5.95. The third-order valence-corrected chi connectivity index (χ3v) is 4.48. The van der Waals surface area contributed by atoms with Crippen LogP contribution in [0, 0.1) is 31.6 Å². The SMILES string of the molecule is COc1cc(N=Nc2c(Br)cc([N+](=O)[O-])cc2[N+](=O)[O-])c(NC(C)=O)cc1NCCC#N. The lowest BCUT2D eigenvalue weighted by Gasteiger charge is -2.14. The van der Waals surface area contributed by atoms with E-state index >= 15 is 0 Å². The van der Waals surface area contributed by atoms with Gasteiger partial charge in [0.15, 0.2) is 5.69 Å². The number of carbonyl (C=O) groups is 1. The summed E-state index contributed by atoms with van der Waals surface area (Å²) in [6.45, 7) is 1.61. The molecule has 0 fully saturated rings. The molecule has 2 aromatic rings. The Bertz CT molecular complexity index is 1150. The predicted octanol–water partition coefficient (Wildman–Crippen LogP) is 4.97. The zero-order chi connectivity index (χ0) is 23.8. The molecule has 0 aliphatic heterocycles. The van der Waals surface area contributed by atoms with Gasteiger partial charge in [-0.3, -0.25) is 25.0 Å². The van der Waals surface area contributed by atoms with Crippen molar-refractivity contribution in [2.45, 2.75) is 13.3 Å². The molecule has 0 aromatic heterocycles. The Kier molecular flexibility index (Phi) is 8.13. The van der Waals surface area contributed by atoms with E-state index in [4.69, 9.17) is 10.00 Å². The van der Waals surface area contributed by atoms with Gasteiger partial charge in [-0.1, -0.05) is 0 Å². The van der Waals surface area contributed by atoms with E-state index in [0.29, 0.717) is 18.0 Å². The first kappa shape index (κ1) is 24.2. The average molecular weight is 506 g/mol. The highest BCUT2D eigenvalue weighted by atomic mass is 79.9. The lowest BCUT2D eigenvalue weighted by molar-refractivity contribution is -0.393. The van der Waals surface area contributed by atoms with Crippen LogP contribution in [0.2, 0.25) is 0 Å². The van der Waals surface area contributed by atoms with Crippen LogP contribution >= 0.6 is 15.9 Å². The van der Waals surface area contributed by atoms with Crippen molar-refractivity contribution >= 4 is 56.0 Å². The van der Waals surface area contributed by atoms with E-state index in [-0.39, 0.29) is 28.0 Å². The molecule has 14 heteroatoms. The maximum atomic E-state index is 11.6. The summed E-state index contributed by atoms with van der Waals surface area (Å²) in [5.74, 6) is -0.0830. The number of amides is 1. The summed E-state index contributed by atoms with van der Waals surface area (Å²) in [5.41, 5.74) is -0.546. The highest BCUT2D eigenvalue weighted by molar-refractivity contribution is 9.10. The number of nitrogens with one attached hydrogen (secondary N) is 2. The minimum atomic E-state index is -0.816. The van der Waals surface area contributed by atoms with Gasteiger partial charge in [-0.2, -0.15) is 5.26 Å². The van der Waals surface area contributed by atoms with Gasteiger partial charge in [0.25, 0.3) is 5.69 Å². The van der Waals surface area contributed by atoms with Crippen molar-refractivity contribution in [3.63, 3.8) is 0 Å². The standard InChI is InChI=1S/C18H16BrN7O6/c1-10(27)22-13-8-15(21-5-3-4-20)17(32-2)9-14(13)23-24-18-12(19)6-11(25(28)29)7-16(18)26(30)31/h6-9,21H,3,5H2,1-2H3,(H,22,27). The minimum Gasteiger partial charge on any atom is -0.495 e. The molecule has 1 amide bonds. The van der Waals surface area contributed by atoms with Crippen molar-refractivity contribution in [1.29, 1.82) is 5.26 Å². The molecule has 0 bridgehead atoms. The highest BCUT2D eigenvalue weighted by Crippen LogP contribution is 2.42. The van der Waals surface area contributed by atoms with Crippen molar-refractivity contribution in [3.8, 4) is 11.8 Å². The molecular formula is C18H16BrN7O6. The summed E-state index contributed by atoms with van der Waals surface area (Å²) in [6.07, 6.45) is 0.234. The number of hydrogen-bond donors (Lipinski definition) is 2. The number of azo groups is 1. The maximum Gasteiger partial charge on any atom is 0.304 e. The van der Waals surface area contributed by atoms with Gasteiger partial charge in [0.2, 0.25) is 5.91 Å². The predicted molar refractivity (Wildman–Crippen MR) is 118 cm³/mol. The largest absolute Gasteiger partial charge is 0.495 e. The number of carbonyl (C=O) groups excluding carboxylic acids is 1. The van der Waals surface area contributed by atoms with Crippen molar-refractivity contribution in [2.75, 3.05) is 24.3 Å². The Morgan fingerprint density at radius 3 is 2.47 bits per heavy atom. The molecule has 166 valence electrons. The van der Waals surface area contributed by atoms with Crippen LogP contribution in [0.3, 0.4) is 0 Å². The second-order valence-corrected chi connectivity index (χ2v) is 6.95. The normalized spacial score (nSPS) is 10.4. The molecule has 0 heterocycles. The lowest BCUT2D eigenvalue weighted by Crippen LogP contribution is -2.08. The molecular weight excluding hydrogens is 490 g/mol. The van der Waals surface area contributed by atoms with Crippen LogP contribution in [-0.2, 0) is 4.79 Å². The number of rotatable bonds is 9. The van der Waals surface area contributed by atoms with E-state index in [0.717, 1.165) is 12.1 Å². The molecule has 0 saturated heterocycles. The first-order valence-electron chi connectivity index (χ1n) is 8.82. The van der Waals surface area contributed by atoms with Crippen LogP contribution in [0.5, 0.6) is 5.75 Å². The van der Waals surface area contributed by atoms with Gasteiger partial charge < -0.3 is 15.4 Å². The van der Waals surface area contributed by atoms with Gasteiger partial charge in [-0.15, -0.1) is 10.2 Å². The topological polar surface area (TPSA) is 185 Å². The number of nitro groups is 2. The van der Waals surface area contributed by atoms with Crippen LogP contribution in [0.25, 0.3) is 0 Å². The van der Waals surface area contributed by atoms with Gasteiger partial charge in [0.1, 0.15) is 11.4 Å². The van der Waals surface area contributed by atoms with E-state index in [2.05, 4.69) is 36.8 Å². The highest BCUT2D eigenvalue weighted by Gasteiger charge is 2.23. The number of nitro benzene ring substituents is 2. The van der Waals surface area contributed by atoms with E-state index in [1.165, 1.54) is 26.2 Å². The first-order chi connectivity index (χ1) is 15.2. The fraction of sp³-hybridized carbons (Fsp3) is 0.222. The summed E-state index contributed by atoms with van der Waals surface area (Å²) in [6, 6.07) is 6.80. The number of nitriles is 1. The molecule has 13 nitrogen and oxygen atoms in total. The van der Waals surface area contributed by atoms with Crippen molar-refractivity contribution in [3.05, 3.63) is 49.0 Å². The Labute approximate surface area is 189 Å². The van der Waals surface area contributed by atoms with Gasteiger partial charge in [-0.05, 0) is 22.0 Å². The number of halogens is 1. The van der Waals surface area contributed by atoms with Crippen molar-refractivity contribution in [1.82, 2.24) is 0 Å². The van der Waals surface area contributed by atoms with Gasteiger partial charge >= 0.3 is 5.69 Å². The Balaban J connectivity index is 2.58. The number of non-ortho nitro benzene ring substituents is 1. The summed E-state index contributed by atoms with van der Waals surface area (Å²) < 4.78 is 5.29. The molecule has 0 aliphatic carbocycles. The summed E-state index contributed by atoms with van der Waals surface area (Å²) >= 11 is 3.05. The van der Waals surface area contributed by atoms with Gasteiger partial charge in [0, 0.05) is 25.6 Å². The smallest absolute Gasteiger partial charge is 0.304 e. The monoisotopic (exact) mass is 505 g/mol. The molecule has 0 aliphatic rings. The van der Waals surface area contributed by atoms with Crippen LogP contribution in [0.1, 0.15) is 13.3 Å². The number of benzene rings is 2. The summed E-state index contributed by atoms with van der Waals surface area (Å²) in [7, 11) is 1.40. The fourth-order valence-corrected chi connectivity index (χ4v) is 3.04. The van der Waals surface area contributed by atoms with Crippen LogP contribution in [0.15, 0.2) is 39.0 Å². The zero-order valence-electron chi connectivity index (χ0n) is 16.8. The number of ether oxygens (including phenoxy) is 1. The molecule has 0 atom stereocenters. The molecule has 2 aromatic carbocycles. The van der Waals surface area contributed by atoms with E-state index < -0.39 is 27.1 Å². The second-order valence-electron chi connectivity index (χ2n) is 6.10. The van der Waals surface area contributed by atoms with Crippen LogP contribution in [0.4, 0.5) is 34.1 Å². The molecule has 2 N–H and O–H groups in total. The minimum absolute atomic E-state index is 0.00928. The van der Waals surface area contributed by atoms with Crippen LogP contribution in [-0.4, -0.2) is 29.4 Å². The second kappa shape index (κ2) is 10.8. The fourth-order valence-electron chi connectivity index (χ4n) is 2.52. The van der Waals surface area contributed by atoms with E-state index in [9.17, 15) is 25.0 Å².